The smallest absolute Gasteiger partial charge is 0.352 e. The van der Waals surface area contributed by atoms with Crippen LogP contribution >= 0.6 is 0 Å². The van der Waals surface area contributed by atoms with E-state index in [0.717, 1.165) is 25.9 Å². The fourth-order valence-corrected chi connectivity index (χ4v) is 3.57. The van der Waals surface area contributed by atoms with Crippen LogP contribution in [0.15, 0.2) is 18.3 Å². The number of carbonyl (C=O) groups is 2. The summed E-state index contributed by atoms with van der Waals surface area (Å²) in [5, 5.41) is 12.1. The standard InChI is InChI=1S/C15H21N3O3/c19-14(10-18-8-3-5-13(18)15(20)21)16-11-6-9-17-7-2-1-4-12(11)17/h3,5,8,11-12H,1-2,4,6-7,9-10H2,(H,16,19)(H,20,21). The number of carboxylic acids is 1. The Labute approximate surface area is 123 Å². The second kappa shape index (κ2) is 5.89. The molecule has 6 heteroatoms. The number of nitrogens with zero attached hydrogens (tertiary/aromatic N) is 2. The van der Waals surface area contributed by atoms with E-state index in [0.29, 0.717) is 6.04 Å². The zero-order chi connectivity index (χ0) is 14.8. The largest absolute Gasteiger partial charge is 0.477 e. The molecule has 1 amide bonds. The molecule has 3 rings (SSSR count). The molecule has 0 radical (unpaired) electrons. The molecule has 2 unspecified atom stereocenters. The van der Waals surface area contributed by atoms with E-state index in [4.69, 9.17) is 5.11 Å². The number of carbonyl (C=O) groups excluding carboxylic acids is 1. The van der Waals surface area contributed by atoms with Gasteiger partial charge in [-0.3, -0.25) is 9.69 Å². The first-order chi connectivity index (χ1) is 10.1. The second-order valence-electron chi connectivity index (χ2n) is 5.89. The van der Waals surface area contributed by atoms with Gasteiger partial charge in [0, 0.05) is 24.8 Å². The van der Waals surface area contributed by atoms with Crippen LogP contribution in [0.3, 0.4) is 0 Å². The van der Waals surface area contributed by atoms with Crippen LogP contribution in [0.1, 0.15) is 36.2 Å². The second-order valence-corrected chi connectivity index (χ2v) is 5.89. The topological polar surface area (TPSA) is 74.6 Å². The molecule has 2 fully saturated rings. The van der Waals surface area contributed by atoms with Gasteiger partial charge in [-0.15, -0.1) is 0 Å². The minimum absolute atomic E-state index is 0.0673. The van der Waals surface area contributed by atoms with Gasteiger partial charge in [-0.1, -0.05) is 6.42 Å². The zero-order valence-corrected chi connectivity index (χ0v) is 12.0. The lowest BCUT2D eigenvalue weighted by molar-refractivity contribution is -0.122. The van der Waals surface area contributed by atoms with Crippen molar-refractivity contribution < 1.29 is 14.7 Å². The molecule has 2 aliphatic heterocycles. The van der Waals surface area contributed by atoms with Gasteiger partial charge in [-0.05, 0) is 37.9 Å². The first-order valence-electron chi connectivity index (χ1n) is 7.57. The summed E-state index contributed by atoms with van der Waals surface area (Å²) in [5.41, 5.74) is 0.149. The molecule has 0 aromatic carbocycles. The highest BCUT2D eigenvalue weighted by Gasteiger charge is 2.36. The van der Waals surface area contributed by atoms with Gasteiger partial charge in [0.1, 0.15) is 12.2 Å². The third-order valence-corrected chi connectivity index (χ3v) is 4.57. The van der Waals surface area contributed by atoms with Crippen molar-refractivity contribution in [3.63, 3.8) is 0 Å². The fourth-order valence-electron chi connectivity index (χ4n) is 3.57. The number of fused-ring (bicyclic) bond motifs is 1. The van der Waals surface area contributed by atoms with E-state index in [9.17, 15) is 9.59 Å². The summed E-state index contributed by atoms with van der Waals surface area (Å²) < 4.78 is 1.48. The molecule has 0 spiro atoms. The minimum atomic E-state index is -1.01. The predicted molar refractivity (Wildman–Crippen MR) is 77.2 cm³/mol. The number of carboxylic acid groups (broad SMARTS) is 1. The molecule has 0 saturated carbocycles. The Morgan fingerprint density at radius 3 is 2.95 bits per heavy atom. The quantitative estimate of drug-likeness (QED) is 0.865. The molecular weight excluding hydrogens is 270 g/mol. The van der Waals surface area contributed by atoms with Gasteiger partial charge in [-0.2, -0.15) is 0 Å². The summed E-state index contributed by atoms with van der Waals surface area (Å²) in [7, 11) is 0. The van der Waals surface area contributed by atoms with Crippen LogP contribution in [-0.4, -0.2) is 51.6 Å². The van der Waals surface area contributed by atoms with Gasteiger partial charge >= 0.3 is 5.97 Å². The van der Waals surface area contributed by atoms with Crippen LogP contribution < -0.4 is 5.32 Å². The van der Waals surface area contributed by atoms with Crippen molar-refractivity contribution in [1.29, 1.82) is 0 Å². The number of hydrogen-bond acceptors (Lipinski definition) is 3. The number of rotatable bonds is 4. The van der Waals surface area contributed by atoms with Gasteiger partial charge in [0.05, 0.1) is 0 Å². The van der Waals surface area contributed by atoms with Gasteiger partial charge in [0.15, 0.2) is 0 Å². The Balaban J connectivity index is 1.59. The maximum Gasteiger partial charge on any atom is 0.352 e. The molecule has 0 aliphatic carbocycles. The van der Waals surface area contributed by atoms with E-state index >= 15 is 0 Å². The summed E-state index contributed by atoms with van der Waals surface area (Å²) in [6, 6.07) is 3.83. The predicted octanol–water partition coefficient (Wildman–Crippen LogP) is 0.929. The summed E-state index contributed by atoms with van der Waals surface area (Å²) in [6.45, 7) is 2.26. The molecule has 2 atom stereocenters. The number of nitrogens with one attached hydrogen (secondary N) is 1. The number of aromatic nitrogens is 1. The molecule has 1 aromatic heterocycles. The average molecular weight is 291 g/mol. The summed E-state index contributed by atoms with van der Waals surface area (Å²) in [4.78, 5) is 25.7. The van der Waals surface area contributed by atoms with Crippen LogP contribution in [0.5, 0.6) is 0 Å². The van der Waals surface area contributed by atoms with Crippen LogP contribution in [-0.2, 0) is 11.3 Å². The highest BCUT2D eigenvalue weighted by Crippen LogP contribution is 2.27. The minimum Gasteiger partial charge on any atom is -0.477 e. The molecule has 21 heavy (non-hydrogen) atoms. The average Bonchev–Trinajstić information content (AvgIpc) is 3.06. The number of piperidine rings is 1. The van der Waals surface area contributed by atoms with E-state index in [1.807, 2.05) is 0 Å². The van der Waals surface area contributed by atoms with Crippen LogP contribution in [0.4, 0.5) is 0 Å². The SMILES string of the molecule is O=C(Cn1cccc1C(=O)O)NC1CCN2CCCCC12. The van der Waals surface area contributed by atoms with Crippen molar-refractivity contribution in [2.75, 3.05) is 13.1 Å². The Morgan fingerprint density at radius 1 is 1.29 bits per heavy atom. The molecule has 6 nitrogen and oxygen atoms in total. The number of aromatic carboxylic acids is 1. The summed E-state index contributed by atoms with van der Waals surface area (Å²) in [5.74, 6) is -1.11. The summed E-state index contributed by atoms with van der Waals surface area (Å²) in [6.07, 6.45) is 6.25. The van der Waals surface area contributed by atoms with Gasteiger partial charge in [0.2, 0.25) is 5.91 Å². The van der Waals surface area contributed by atoms with Crippen molar-refractivity contribution in [3.8, 4) is 0 Å². The third kappa shape index (κ3) is 2.95. The Hall–Kier alpha value is -1.82. The maximum absolute atomic E-state index is 12.2. The Kier molecular flexibility index (Phi) is 3.96. The lowest BCUT2D eigenvalue weighted by atomic mass is 9.99. The number of amides is 1. The highest BCUT2D eigenvalue weighted by molar-refractivity contribution is 5.86. The lowest BCUT2D eigenvalue weighted by Crippen LogP contribution is -2.47. The molecule has 114 valence electrons. The van der Waals surface area contributed by atoms with E-state index in [1.165, 1.54) is 23.5 Å². The van der Waals surface area contributed by atoms with Gasteiger partial charge in [0.25, 0.3) is 0 Å². The molecule has 2 saturated heterocycles. The molecule has 0 bridgehead atoms. The van der Waals surface area contributed by atoms with E-state index in [-0.39, 0.29) is 24.2 Å². The normalized spacial score (nSPS) is 25.5. The first kappa shape index (κ1) is 14.1. The van der Waals surface area contributed by atoms with Crippen LogP contribution in [0.2, 0.25) is 0 Å². The van der Waals surface area contributed by atoms with Crippen molar-refractivity contribution >= 4 is 11.9 Å². The van der Waals surface area contributed by atoms with E-state index < -0.39 is 5.97 Å². The Bertz CT molecular complexity index is 540. The third-order valence-electron chi connectivity index (χ3n) is 4.57. The van der Waals surface area contributed by atoms with Crippen molar-refractivity contribution in [2.24, 2.45) is 0 Å². The summed E-state index contributed by atoms with van der Waals surface area (Å²) >= 11 is 0. The first-order valence-corrected chi connectivity index (χ1v) is 7.57. The molecule has 2 N–H and O–H groups in total. The maximum atomic E-state index is 12.2. The van der Waals surface area contributed by atoms with Crippen LogP contribution in [0, 0.1) is 0 Å². The fraction of sp³-hybridized carbons (Fsp3) is 0.600. The molecule has 3 heterocycles. The van der Waals surface area contributed by atoms with Crippen LogP contribution in [0.25, 0.3) is 0 Å². The van der Waals surface area contributed by atoms with E-state index in [1.54, 1.807) is 12.3 Å². The lowest BCUT2D eigenvalue weighted by Gasteiger charge is -2.32. The Morgan fingerprint density at radius 2 is 2.14 bits per heavy atom. The van der Waals surface area contributed by atoms with Gasteiger partial charge < -0.3 is 15.0 Å². The van der Waals surface area contributed by atoms with Gasteiger partial charge in [-0.25, -0.2) is 4.79 Å². The molecular formula is C15H21N3O3. The molecule has 1 aromatic rings. The monoisotopic (exact) mass is 291 g/mol. The van der Waals surface area contributed by atoms with Crippen molar-refractivity contribution in [1.82, 2.24) is 14.8 Å². The number of hydrogen-bond donors (Lipinski definition) is 2. The molecule has 2 aliphatic rings. The van der Waals surface area contributed by atoms with Crippen molar-refractivity contribution in [3.05, 3.63) is 24.0 Å². The van der Waals surface area contributed by atoms with E-state index in [2.05, 4.69) is 10.2 Å². The van der Waals surface area contributed by atoms with Crippen molar-refractivity contribution in [2.45, 2.75) is 44.3 Å². The highest BCUT2D eigenvalue weighted by atomic mass is 16.4. The zero-order valence-electron chi connectivity index (χ0n) is 12.0.